The Morgan fingerprint density at radius 1 is 1.06 bits per heavy atom. The molecule has 0 bridgehead atoms. The molecule has 1 saturated carbocycles. The molecule has 10 heteroatoms. The zero-order valence-corrected chi connectivity index (χ0v) is 18.2. The van der Waals surface area contributed by atoms with Crippen LogP contribution >= 0.6 is 0 Å². The lowest BCUT2D eigenvalue weighted by Gasteiger charge is -2.26. The molecule has 0 heterocycles. The summed E-state index contributed by atoms with van der Waals surface area (Å²) in [4.78, 5) is 12.4. The molecule has 1 amide bonds. The van der Waals surface area contributed by atoms with Crippen molar-refractivity contribution in [2.45, 2.75) is 48.5 Å². The maximum atomic E-state index is 13.7. The van der Waals surface area contributed by atoms with Gasteiger partial charge in [0.05, 0.1) is 17.0 Å². The van der Waals surface area contributed by atoms with Crippen molar-refractivity contribution in [2.75, 3.05) is 6.26 Å². The van der Waals surface area contributed by atoms with Gasteiger partial charge in [0.2, 0.25) is 5.91 Å². The maximum absolute atomic E-state index is 13.7. The minimum absolute atomic E-state index is 0.0740. The zero-order valence-electron chi connectivity index (χ0n) is 17.4. The van der Waals surface area contributed by atoms with Crippen LogP contribution in [-0.4, -0.2) is 38.3 Å². The molecule has 2 aromatic carbocycles. The van der Waals surface area contributed by atoms with Crippen molar-refractivity contribution < 1.29 is 26.4 Å². The van der Waals surface area contributed by atoms with Gasteiger partial charge in [0.25, 0.3) is 0 Å². The van der Waals surface area contributed by atoms with Crippen LogP contribution in [0.15, 0.2) is 53.4 Å². The van der Waals surface area contributed by atoms with Crippen molar-refractivity contribution in [3.63, 3.8) is 0 Å². The molecule has 0 radical (unpaired) electrons. The minimum Gasteiger partial charge on any atom is -0.336 e. The van der Waals surface area contributed by atoms with Crippen LogP contribution in [0.2, 0.25) is 0 Å². The van der Waals surface area contributed by atoms with Crippen LogP contribution in [0.3, 0.4) is 0 Å². The Morgan fingerprint density at radius 2 is 1.56 bits per heavy atom. The molecule has 2 atom stereocenters. The molecule has 3 rings (SSSR count). The van der Waals surface area contributed by atoms with Crippen molar-refractivity contribution in [2.24, 2.45) is 0 Å². The van der Waals surface area contributed by atoms with E-state index in [1.165, 1.54) is 43.3 Å². The summed E-state index contributed by atoms with van der Waals surface area (Å²) in [5, 5.41) is 13.9. The van der Waals surface area contributed by atoms with E-state index >= 15 is 0 Å². The standard InChI is InChI=1S/C22H22F3N3O3S/c1-14(20(29)28-21(13-26)11-12-21)27-19(22(23,24)25)17-5-3-15(4-6-17)16-7-9-18(10-8-16)32(2,30)31/h3-10,14,19,27H,11-12H2,1-2H3,(H,28,29). The number of nitriles is 1. The van der Waals surface area contributed by atoms with E-state index in [2.05, 4.69) is 10.6 Å². The number of carbonyl (C=O) groups is 1. The van der Waals surface area contributed by atoms with Gasteiger partial charge in [-0.3, -0.25) is 10.1 Å². The van der Waals surface area contributed by atoms with E-state index < -0.39 is 39.5 Å². The second-order valence-corrected chi connectivity index (χ2v) is 9.98. The van der Waals surface area contributed by atoms with E-state index in [0.717, 1.165) is 6.26 Å². The fraction of sp³-hybridized carbons (Fsp3) is 0.364. The van der Waals surface area contributed by atoms with Gasteiger partial charge in [-0.25, -0.2) is 8.42 Å². The quantitative estimate of drug-likeness (QED) is 0.652. The Balaban J connectivity index is 1.77. The van der Waals surface area contributed by atoms with E-state index in [1.54, 1.807) is 12.1 Å². The van der Waals surface area contributed by atoms with Crippen molar-refractivity contribution in [3.8, 4) is 17.2 Å². The number of alkyl halides is 3. The molecular formula is C22H22F3N3O3S. The third kappa shape index (κ3) is 5.47. The predicted molar refractivity (Wildman–Crippen MR) is 112 cm³/mol. The number of hydrogen-bond acceptors (Lipinski definition) is 5. The monoisotopic (exact) mass is 465 g/mol. The lowest BCUT2D eigenvalue weighted by Crippen LogP contribution is -2.50. The normalized spacial score (nSPS) is 17.1. The molecule has 0 saturated heterocycles. The van der Waals surface area contributed by atoms with Gasteiger partial charge < -0.3 is 5.32 Å². The summed E-state index contributed by atoms with van der Waals surface area (Å²) in [6.07, 6.45) is -2.60. The van der Waals surface area contributed by atoms with Gasteiger partial charge in [-0.2, -0.15) is 18.4 Å². The largest absolute Gasteiger partial charge is 0.407 e. The third-order valence-electron chi connectivity index (χ3n) is 5.32. The fourth-order valence-electron chi connectivity index (χ4n) is 3.20. The molecule has 2 aromatic rings. The van der Waals surface area contributed by atoms with Crippen LogP contribution in [0.1, 0.15) is 31.4 Å². The molecule has 1 fully saturated rings. The first-order valence-corrected chi connectivity index (χ1v) is 11.7. The smallest absolute Gasteiger partial charge is 0.336 e. The van der Waals surface area contributed by atoms with E-state index in [4.69, 9.17) is 5.26 Å². The maximum Gasteiger partial charge on any atom is 0.407 e. The molecule has 1 aliphatic rings. The Kier molecular flexibility index (Phi) is 6.36. The SMILES string of the molecule is CC(NC(c1ccc(-c2ccc(S(C)(=O)=O)cc2)cc1)C(F)(F)F)C(=O)NC1(C#N)CC1. The number of halogens is 3. The number of hydrogen-bond donors (Lipinski definition) is 2. The van der Waals surface area contributed by atoms with Crippen LogP contribution in [0.4, 0.5) is 13.2 Å². The topological polar surface area (TPSA) is 99.1 Å². The van der Waals surface area contributed by atoms with Crippen molar-refractivity contribution in [3.05, 3.63) is 54.1 Å². The van der Waals surface area contributed by atoms with E-state index in [9.17, 15) is 26.4 Å². The van der Waals surface area contributed by atoms with Crippen LogP contribution in [-0.2, 0) is 14.6 Å². The number of benzene rings is 2. The van der Waals surface area contributed by atoms with E-state index in [0.29, 0.717) is 24.0 Å². The van der Waals surface area contributed by atoms with Gasteiger partial charge in [0, 0.05) is 6.26 Å². The zero-order chi connectivity index (χ0) is 23.7. The van der Waals surface area contributed by atoms with Gasteiger partial charge in [0.1, 0.15) is 11.6 Å². The second kappa shape index (κ2) is 8.56. The molecule has 0 aliphatic heterocycles. The summed E-state index contributed by atoms with van der Waals surface area (Å²) < 4.78 is 64.3. The molecule has 0 spiro atoms. The van der Waals surface area contributed by atoms with Crippen LogP contribution in [0, 0.1) is 11.3 Å². The van der Waals surface area contributed by atoms with Crippen LogP contribution in [0.25, 0.3) is 11.1 Å². The molecule has 32 heavy (non-hydrogen) atoms. The third-order valence-corrected chi connectivity index (χ3v) is 6.45. The average Bonchev–Trinajstić information content (AvgIpc) is 3.50. The first-order valence-electron chi connectivity index (χ1n) is 9.81. The summed E-state index contributed by atoms with van der Waals surface area (Å²) in [5.74, 6) is -0.666. The predicted octanol–water partition coefficient (Wildman–Crippen LogP) is 3.51. The summed E-state index contributed by atoms with van der Waals surface area (Å²) in [7, 11) is -3.35. The molecule has 6 nitrogen and oxygen atoms in total. The highest BCUT2D eigenvalue weighted by atomic mass is 32.2. The lowest BCUT2D eigenvalue weighted by atomic mass is 10.00. The highest BCUT2D eigenvalue weighted by Crippen LogP contribution is 2.36. The number of amides is 1. The summed E-state index contributed by atoms with van der Waals surface area (Å²) >= 11 is 0. The van der Waals surface area contributed by atoms with Gasteiger partial charge in [-0.05, 0) is 48.6 Å². The summed E-state index contributed by atoms with van der Waals surface area (Å²) in [5.41, 5.74) is 0.231. The summed E-state index contributed by atoms with van der Waals surface area (Å²) in [6, 6.07) is 10.4. The van der Waals surface area contributed by atoms with E-state index in [1.807, 2.05) is 6.07 Å². The van der Waals surface area contributed by atoms with Crippen molar-refractivity contribution >= 4 is 15.7 Å². The minimum atomic E-state index is -4.65. The molecule has 2 N–H and O–H groups in total. The van der Waals surface area contributed by atoms with Gasteiger partial charge in [0.15, 0.2) is 9.84 Å². The van der Waals surface area contributed by atoms with Gasteiger partial charge in [-0.1, -0.05) is 36.4 Å². The first kappa shape index (κ1) is 23.8. The highest BCUT2D eigenvalue weighted by Gasteiger charge is 2.46. The number of sulfone groups is 1. The van der Waals surface area contributed by atoms with Gasteiger partial charge >= 0.3 is 6.18 Å². The van der Waals surface area contributed by atoms with Crippen molar-refractivity contribution in [1.29, 1.82) is 5.26 Å². The lowest BCUT2D eigenvalue weighted by molar-refractivity contribution is -0.160. The highest BCUT2D eigenvalue weighted by molar-refractivity contribution is 7.90. The van der Waals surface area contributed by atoms with E-state index in [-0.39, 0.29) is 10.5 Å². The number of nitrogens with zero attached hydrogens (tertiary/aromatic N) is 1. The van der Waals surface area contributed by atoms with Crippen molar-refractivity contribution in [1.82, 2.24) is 10.6 Å². The average molecular weight is 465 g/mol. The second-order valence-electron chi connectivity index (χ2n) is 7.96. The number of rotatable bonds is 7. The number of carbonyl (C=O) groups excluding carboxylic acids is 1. The Morgan fingerprint density at radius 3 is 1.97 bits per heavy atom. The Labute approximate surface area is 184 Å². The Bertz CT molecular complexity index is 1130. The first-order chi connectivity index (χ1) is 14.8. The summed E-state index contributed by atoms with van der Waals surface area (Å²) in [6.45, 7) is 1.32. The number of nitrogens with one attached hydrogen (secondary N) is 2. The van der Waals surface area contributed by atoms with Crippen LogP contribution in [0.5, 0.6) is 0 Å². The van der Waals surface area contributed by atoms with Gasteiger partial charge in [-0.15, -0.1) is 0 Å². The molecule has 170 valence electrons. The molecule has 1 aliphatic carbocycles. The molecule has 2 unspecified atom stereocenters. The van der Waals surface area contributed by atoms with Crippen LogP contribution < -0.4 is 10.6 Å². The Hall–Kier alpha value is -2.90. The fourth-order valence-corrected chi connectivity index (χ4v) is 3.83. The molecule has 0 aromatic heterocycles. The molecular weight excluding hydrogens is 443 g/mol.